The first-order chi connectivity index (χ1) is 5.75. The van der Waals surface area contributed by atoms with Crippen molar-refractivity contribution in [1.82, 2.24) is 10.3 Å². The Morgan fingerprint density at radius 1 is 1.50 bits per heavy atom. The number of amides is 1. The molecule has 0 bridgehead atoms. The van der Waals surface area contributed by atoms with Gasteiger partial charge >= 0.3 is 0 Å². The molecular weight excluding hydrogens is 160 g/mol. The topological polar surface area (TPSA) is 80.1 Å². The maximum Gasteiger partial charge on any atom is 0.227 e. The molecule has 2 heterocycles. The van der Waals surface area contributed by atoms with Gasteiger partial charge in [-0.3, -0.25) is 4.79 Å². The fourth-order valence-corrected chi connectivity index (χ4v) is 1.11. The van der Waals surface area contributed by atoms with Crippen molar-refractivity contribution in [2.24, 2.45) is 0 Å². The summed E-state index contributed by atoms with van der Waals surface area (Å²) in [7, 11) is 0. The Hall–Kier alpha value is -1.59. The van der Waals surface area contributed by atoms with Crippen LogP contribution in [0.5, 0.6) is 0 Å². The van der Waals surface area contributed by atoms with E-state index < -0.39 is 0 Å². The summed E-state index contributed by atoms with van der Waals surface area (Å²) in [5.41, 5.74) is 0. The smallest absolute Gasteiger partial charge is 0.227 e. The highest BCUT2D eigenvalue weighted by molar-refractivity contribution is 5.93. The Kier molecular flexibility index (Phi) is 1.46. The van der Waals surface area contributed by atoms with Gasteiger partial charge in [0, 0.05) is 12.5 Å². The molecule has 0 unspecified atom stereocenters. The van der Waals surface area contributed by atoms with Gasteiger partial charge in [0.25, 0.3) is 0 Å². The maximum absolute atomic E-state index is 11.1. The van der Waals surface area contributed by atoms with Gasteiger partial charge in [-0.25, -0.2) is 4.63 Å². The Morgan fingerprint density at radius 2 is 2.25 bits per heavy atom. The molecule has 6 nitrogen and oxygen atoms in total. The maximum atomic E-state index is 11.1. The number of aromatic nitrogens is 2. The van der Waals surface area contributed by atoms with Crippen LogP contribution in [0.15, 0.2) is 4.63 Å². The van der Waals surface area contributed by atoms with Gasteiger partial charge in [0.2, 0.25) is 17.5 Å². The lowest BCUT2D eigenvalue weighted by Crippen LogP contribution is -2.19. The predicted octanol–water partition coefficient (Wildman–Crippen LogP) is 0.212. The zero-order chi connectivity index (χ0) is 8.55. The first kappa shape index (κ1) is 7.08. The number of rotatable bonds is 0. The molecule has 1 aromatic heterocycles. The van der Waals surface area contributed by atoms with Gasteiger partial charge in [0.15, 0.2) is 0 Å². The van der Waals surface area contributed by atoms with E-state index in [4.69, 9.17) is 0 Å². The highest BCUT2D eigenvalue weighted by Gasteiger charge is 2.21. The van der Waals surface area contributed by atoms with Gasteiger partial charge in [0.05, 0.1) is 0 Å². The first-order valence-electron chi connectivity index (χ1n) is 3.64. The third-order valence-corrected chi connectivity index (χ3v) is 1.62. The number of anilines is 2. The van der Waals surface area contributed by atoms with Crippen molar-refractivity contribution in [2.45, 2.75) is 19.4 Å². The summed E-state index contributed by atoms with van der Waals surface area (Å²) in [6.07, 6.45) is 0.415. The fourth-order valence-electron chi connectivity index (χ4n) is 1.11. The Balaban J connectivity index is 2.33. The van der Waals surface area contributed by atoms with E-state index >= 15 is 0 Å². The Morgan fingerprint density at radius 3 is 3.08 bits per heavy atom. The minimum Gasteiger partial charge on any atom is -0.361 e. The van der Waals surface area contributed by atoms with Crippen LogP contribution >= 0.6 is 0 Å². The molecule has 0 spiro atoms. The van der Waals surface area contributed by atoms with E-state index in [1.54, 1.807) is 0 Å². The van der Waals surface area contributed by atoms with Crippen LogP contribution in [-0.2, 0) is 4.79 Å². The fraction of sp³-hybridized carbons (Fsp3) is 0.500. The number of carbonyl (C=O) groups excluding carboxylic acids is 1. The number of fused-ring (bicyclic) bond motifs is 1. The molecule has 2 rings (SSSR count). The van der Waals surface area contributed by atoms with E-state index in [0.717, 1.165) is 0 Å². The molecule has 1 amide bonds. The average Bonchev–Trinajstić information content (AvgIpc) is 2.31. The van der Waals surface area contributed by atoms with E-state index in [2.05, 4.69) is 25.6 Å². The Bertz CT molecular complexity index is 308. The molecule has 1 aromatic rings. The molecule has 2 N–H and O–H groups in total. The molecule has 0 aromatic carbocycles. The van der Waals surface area contributed by atoms with Gasteiger partial charge in [-0.1, -0.05) is 0 Å². The minimum absolute atomic E-state index is 0.0538. The third kappa shape index (κ3) is 1.11. The van der Waals surface area contributed by atoms with E-state index in [-0.39, 0.29) is 11.9 Å². The van der Waals surface area contributed by atoms with Crippen molar-refractivity contribution in [1.29, 1.82) is 0 Å². The summed E-state index contributed by atoms with van der Waals surface area (Å²) in [6, 6.07) is 0.0538. The van der Waals surface area contributed by atoms with Gasteiger partial charge in [-0.05, 0) is 17.2 Å². The predicted molar refractivity (Wildman–Crippen MR) is 40.6 cm³/mol. The van der Waals surface area contributed by atoms with Crippen molar-refractivity contribution in [3.05, 3.63) is 0 Å². The van der Waals surface area contributed by atoms with Crippen molar-refractivity contribution in [2.75, 3.05) is 10.6 Å². The molecule has 64 valence electrons. The van der Waals surface area contributed by atoms with Crippen LogP contribution in [0.1, 0.15) is 13.3 Å². The van der Waals surface area contributed by atoms with Crippen molar-refractivity contribution in [3.63, 3.8) is 0 Å². The van der Waals surface area contributed by atoms with Crippen LogP contribution in [0.3, 0.4) is 0 Å². The van der Waals surface area contributed by atoms with E-state index in [0.29, 0.717) is 18.1 Å². The number of hydrogen-bond acceptors (Lipinski definition) is 5. The molecule has 1 aliphatic rings. The van der Waals surface area contributed by atoms with Crippen LogP contribution in [0.2, 0.25) is 0 Å². The molecule has 6 heteroatoms. The highest BCUT2D eigenvalue weighted by atomic mass is 16.6. The second-order valence-electron chi connectivity index (χ2n) is 2.76. The molecule has 0 saturated heterocycles. The van der Waals surface area contributed by atoms with Crippen LogP contribution in [0.4, 0.5) is 11.6 Å². The zero-order valence-electron chi connectivity index (χ0n) is 6.50. The molecule has 0 fully saturated rings. The van der Waals surface area contributed by atoms with Gasteiger partial charge in [-0.15, -0.1) is 0 Å². The number of nitrogens with zero attached hydrogens (tertiary/aromatic N) is 2. The van der Waals surface area contributed by atoms with Gasteiger partial charge in [-0.2, -0.15) is 0 Å². The lowest BCUT2D eigenvalue weighted by atomic mass is 10.2. The van der Waals surface area contributed by atoms with Gasteiger partial charge < -0.3 is 10.6 Å². The average molecular weight is 168 g/mol. The monoisotopic (exact) mass is 168 g/mol. The van der Waals surface area contributed by atoms with Gasteiger partial charge in [0.1, 0.15) is 0 Å². The lowest BCUT2D eigenvalue weighted by molar-refractivity contribution is -0.116. The van der Waals surface area contributed by atoms with E-state index in [9.17, 15) is 4.79 Å². The van der Waals surface area contributed by atoms with Crippen LogP contribution in [-0.4, -0.2) is 22.3 Å². The standard InChI is InChI=1S/C6H8N4O2/c1-3-2-4(11)8-6-5(7-3)9-12-10-6/h3H,2H2,1H3,(H,7,9)(H,8,10,11)/t3-/m0/s1. The summed E-state index contributed by atoms with van der Waals surface area (Å²) < 4.78 is 4.44. The molecule has 0 radical (unpaired) electrons. The summed E-state index contributed by atoms with van der Waals surface area (Å²) in [5.74, 6) is 0.780. The Labute approximate surface area is 68.3 Å². The molecular formula is C6H8N4O2. The normalized spacial score (nSPS) is 22.1. The summed E-state index contributed by atoms with van der Waals surface area (Å²) >= 11 is 0. The van der Waals surface area contributed by atoms with E-state index in [1.807, 2.05) is 6.92 Å². The SMILES string of the molecule is C[C@H]1CC(=O)Nc2nonc2N1. The van der Waals surface area contributed by atoms with Crippen molar-refractivity contribution < 1.29 is 9.42 Å². The zero-order valence-corrected chi connectivity index (χ0v) is 6.50. The first-order valence-corrected chi connectivity index (χ1v) is 3.64. The highest BCUT2D eigenvalue weighted by Crippen LogP contribution is 2.20. The quantitative estimate of drug-likeness (QED) is 0.579. The van der Waals surface area contributed by atoms with Crippen LogP contribution < -0.4 is 10.6 Å². The van der Waals surface area contributed by atoms with E-state index in [1.165, 1.54) is 0 Å². The second kappa shape index (κ2) is 2.47. The molecule has 12 heavy (non-hydrogen) atoms. The largest absolute Gasteiger partial charge is 0.361 e. The number of carbonyl (C=O) groups is 1. The lowest BCUT2D eigenvalue weighted by Gasteiger charge is -2.05. The minimum atomic E-state index is -0.0792. The summed E-state index contributed by atoms with van der Waals surface area (Å²) in [5, 5.41) is 12.7. The third-order valence-electron chi connectivity index (χ3n) is 1.62. The molecule has 1 atom stereocenters. The van der Waals surface area contributed by atoms with Crippen molar-refractivity contribution in [3.8, 4) is 0 Å². The van der Waals surface area contributed by atoms with Crippen LogP contribution in [0, 0.1) is 0 Å². The molecule has 0 aliphatic carbocycles. The molecule has 0 saturated carbocycles. The van der Waals surface area contributed by atoms with Crippen molar-refractivity contribution >= 4 is 17.5 Å². The second-order valence-corrected chi connectivity index (χ2v) is 2.76. The summed E-state index contributed by atoms with van der Waals surface area (Å²) in [4.78, 5) is 11.1. The summed E-state index contributed by atoms with van der Waals surface area (Å²) in [6.45, 7) is 1.89. The number of nitrogens with one attached hydrogen (secondary N) is 2. The van der Waals surface area contributed by atoms with Crippen LogP contribution in [0.25, 0.3) is 0 Å². The number of hydrogen-bond donors (Lipinski definition) is 2. The molecule has 1 aliphatic heterocycles.